The van der Waals surface area contributed by atoms with Gasteiger partial charge in [0, 0.05) is 50.0 Å². The highest BCUT2D eigenvalue weighted by Gasteiger charge is 2.47. The van der Waals surface area contributed by atoms with Crippen molar-refractivity contribution in [3.05, 3.63) is 17.0 Å². The first-order valence-electron chi connectivity index (χ1n) is 8.20. The van der Waals surface area contributed by atoms with E-state index in [0.717, 1.165) is 38.3 Å². The number of likely N-dealkylation sites (tertiary alicyclic amines) is 1. The maximum atomic E-state index is 10.9. The van der Waals surface area contributed by atoms with Gasteiger partial charge >= 0.3 is 0 Å². The van der Waals surface area contributed by atoms with Crippen LogP contribution in [0.3, 0.4) is 0 Å². The highest BCUT2D eigenvalue weighted by molar-refractivity contribution is 5.24. The van der Waals surface area contributed by atoms with Crippen LogP contribution < -0.4 is 0 Å². The van der Waals surface area contributed by atoms with Gasteiger partial charge in [-0.05, 0) is 27.2 Å². The van der Waals surface area contributed by atoms with Crippen molar-refractivity contribution >= 4 is 0 Å². The van der Waals surface area contributed by atoms with Crippen LogP contribution in [0.2, 0.25) is 0 Å². The Labute approximate surface area is 134 Å². The molecular formula is C17H31N3O2. The lowest BCUT2D eigenvalue weighted by Crippen LogP contribution is -2.59. The van der Waals surface area contributed by atoms with Crippen molar-refractivity contribution in [3.63, 3.8) is 0 Å². The molecule has 0 radical (unpaired) electrons. The number of aliphatic hydroxyl groups is 1. The summed E-state index contributed by atoms with van der Waals surface area (Å²) in [5, 5.41) is 15.5. The number of hydrogen-bond donors (Lipinski definition) is 1. The molecule has 0 bridgehead atoms. The van der Waals surface area contributed by atoms with Crippen LogP contribution in [-0.2, 0) is 17.8 Å². The molecule has 1 aliphatic rings. The molecule has 2 rings (SSSR count). The molecule has 126 valence electrons. The van der Waals surface area contributed by atoms with E-state index in [4.69, 9.17) is 4.74 Å². The zero-order valence-corrected chi connectivity index (χ0v) is 14.9. The highest BCUT2D eigenvalue weighted by Crippen LogP contribution is 2.39. The Balaban J connectivity index is 2.12. The molecule has 1 aromatic heterocycles. The summed E-state index contributed by atoms with van der Waals surface area (Å²) < 4.78 is 7.32. The van der Waals surface area contributed by atoms with Gasteiger partial charge in [-0.1, -0.05) is 13.8 Å². The summed E-state index contributed by atoms with van der Waals surface area (Å²) >= 11 is 0. The molecule has 0 unspecified atom stereocenters. The number of methoxy groups -OCH3 is 1. The van der Waals surface area contributed by atoms with Crippen LogP contribution in [0.1, 0.15) is 44.1 Å². The predicted molar refractivity (Wildman–Crippen MR) is 87.9 cm³/mol. The van der Waals surface area contributed by atoms with Crippen molar-refractivity contribution < 1.29 is 9.84 Å². The molecule has 1 atom stereocenters. The van der Waals surface area contributed by atoms with Crippen LogP contribution in [0.15, 0.2) is 0 Å². The molecule has 0 aliphatic carbocycles. The van der Waals surface area contributed by atoms with Crippen LogP contribution >= 0.6 is 0 Å². The highest BCUT2D eigenvalue weighted by atomic mass is 16.5. The van der Waals surface area contributed by atoms with Crippen LogP contribution in [0.25, 0.3) is 0 Å². The second-order valence-corrected chi connectivity index (χ2v) is 7.27. The van der Waals surface area contributed by atoms with Gasteiger partial charge < -0.3 is 9.84 Å². The third kappa shape index (κ3) is 3.07. The average molecular weight is 309 g/mol. The molecule has 22 heavy (non-hydrogen) atoms. The summed E-state index contributed by atoms with van der Waals surface area (Å²) in [6.45, 7) is 14.6. The van der Waals surface area contributed by atoms with E-state index in [0.29, 0.717) is 6.61 Å². The molecule has 5 nitrogen and oxygen atoms in total. The smallest absolute Gasteiger partial charge is 0.0954 e. The number of piperidine rings is 1. The topological polar surface area (TPSA) is 50.5 Å². The summed E-state index contributed by atoms with van der Waals surface area (Å²) in [5.41, 5.74) is 2.78. The molecule has 0 aromatic carbocycles. The van der Waals surface area contributed by atoms with Gasteiger partial charge in [0.1, 0.15) is 0 Å². The predicted octanol–water partition coefficient (Wildman–Crippen LogP) is 2.13. The summed E-state index contributed by atoms with van der Waals surface area (Å²) in [6, 6.07) is 0. The molecule has 1 aliphatic heterocycles. The lowest BCUT2D eigenvalue weighted by Gasteiger charge is -2.50. The monoisotopic (exact) mass is 309 g/mol. The molecule has 2 heterocycles. The summed E-state index contributed by atoms with van der Waals surface area (Å²) in [5.74, 6) is 0. The van der Waals surface area contributed by atoms with Crippen molar-refractivity contribution in [2.24, 2.45) is 5.41 Å². The number of aryl methyl sites for hydroxylation is 2. The fourth-order valence-electron chi connectivity index (χ4n) is 3.60. The van der Waals surface area contributed by atoms with Crippen LogP contribution in [0.4, 0.5) is 0 Å². The molecule has 1 N–H and O–H groups in total. The van der Waals surface area contributed by atoms with Gasteiger partial charge in [-0.25, -0.2) is 0 Å². The second kappa shape index (κ2) is 6.30. The van der Waals surface area contributed by atoms with Crippen molar-refractivity contribution in [1.29, 1.82) is 0 Å². The van der Waals surface area contributed by atoms with Crippen molar-refractivity contribution in [1.82, 2.24) is 14.7 Å². The number of rotatable bonds is 5. The fourth-order valence-corrected chi connectivity index (χ4v) is 3.60. The number of ether oxygens (including phenoxy) is 1. The number of aromatic nitrogens is 2. The summed E-state index contributed by atoms with van der Waals surface area (Å²) in [6.07, 6.45) is 0.744. The Morgan fingerprint density at radius 2 is 2.00 bits per heavy atom. The van der Waals surface area contributed by atoms with Crippen LogP contribution in [-0.4, -0.2) is 52.2 Å². The Morgan fingerprint density at radius 3 is 2.50 bits per heavy atom. The second-order valence-electron chi connectivity index (χ2n) is 7.27. The summed E-state index contributed by atoms with van der Waals surface area (Å²) in [7, 11) is 1.66. The number of hydrogen-bond acceptors (Lipinski definition) is 4. The Bertz CT molecular complexity index is 524. The van der Waals surface area contributed by atoms with Gasteiger partial charge in [-0.2, -0.15) is 5.10 Å². The SMILES string of the molecule is CCn1nc(C)c(CN2CC[C@@](O)(COC)C(C)(C)C2)c1C. The fraction of sp³-hybridized carbons (Fsp3) is 0.824. The molecule has 1 fully saturated rings. The average Bonchev–Trinajstić information content (AvgIpc) is 2.70. The Kier molecular flexibility index (Phi) is 5.00. The maximum Gasteiger partial charge on any atom is 0.0954 e. The maximum absolute atomic E-state index is 10.9. The Morgan fingerprint density at radius 1 is 1.32 bits per heavy atom. The first kappa shape index (κ1) is 17.4. The first-order valence-corrected chi connectivity index (χ1v) is 8.20. The van der Waals surface area contributed by atoms with E-state index in [9.17, 15) is 5.11 Å². The Hall–Kier alpha value is -0.910. The van der Waals surface area contributed by atoms with Gasteiger partial charge in [0.05, 0.1) is 17.9 Å². The van der Waals surface area contributed by atoms with Gasteiger partial charge in [0.2, 0.25) is 0 Å². The van der Waals surface area contributed by atoms with Crippen LogP contribution in [0.5, 0.6) is 0 Å². The van der Waals surface area contributed by atoms with E-state index >= 15 is 0 Å². The number of nitrogens with zero attached hydrogens (tertiary/aromatic N) is 3. The minimum Gasteiger partial charge on any atom is -0.387 e. The third-order valence-corrected chi connectivity index (χ3v) is 5.32. The van der Waals surface area contributed by atoms with E-state index in [1.54, 1.807) is 7.11 Å². The van der Waals surface area contributed by atoms with Gasteiger partial charge in [0.25, 0.3) is 0 Å². The molecule has 0 spiro atoms. The van der Waals surface area contributed by atoms with Gasteiger partial charge in [0.15, 0.2) is 0 Å². The van der Waals surface area contributed by atoms with Gasteiger partial charge in [-0.3, -0.25) is 9.58 Å². The van der Waals surface area contributed by atoms with Crippen molar-refractivity contribution in [3.8, 4) is 0 Å². The van der Waals surface area contributed by atoms with E-state index in [-0.39, 0.29) is 5.41 Å². The van der Waals surface area contributed by atoms with E-state index in [1.165, 1.54) is 11.3 Å². The molecule has 0 saturated carbocycles. The van der Waals surface area contributed by atoms with Crippen molar-refractivity contribution in [2.75, 3.05) is 26.8 Å². The summed E-state index contributed by atoms with van der Waals surface area (Å²) in [4.78, 5) is 2.43. The molecular weight excluding hydrogens is 278 g/mol. The largest absolute Gasteiger partial charge is 0.387 e. The normalized spacial score (nSPS) is 25.6. The van der Waals surface area contributed by atoms with Gasteiger partial charge in [-0.15, -0.1) is 0 Å². The molecule has 0 amide bonds. The minimum absolute atomic E-state index is 0.191. The standard InChI is InChI=1S/C17H31N3O2/c1-7-20-14(3)15(13(2)18-20)10-19-9-8-17(21,12-22-6)16(4,5)11-19/h21H,7-12H2,1-6H3/t17-/m1/s1. The van der Waals surface area contributed by atoms with Crippen molar-refractivity contribution in [2.45, 2.75) is 59.7 Å². The molecule has 5 heteroatoms. The van der Waals surface area contributed by atoms with E-state index in [2.05, 4.69) is 49.3 Å². The van der Waals surface area contributed by atoms with Crippen LogP contribution in [0, 0.1) is 19.3 Å². The third-order valence-electron chi connectivity index (χ3n) is 5.32. The zero-order valence-electron chi connectivity index (χ0n) is 14.9. The minimum atomic E-state index is -0.740. The molecule has 1 aromatic rings. The lowest BCUT2D eigenvalue weighted by molar-refractivity contribution is -0.151. The first-order chi connectivity index (χ1) is 10.2. The zero-order chi connectivity index (χ0) is 16.5. The quantitative estimate of drug-likeness (QED) is 0.905. The lowest BCUT2D eigenvalue weighted by atomic mass is 9.70. The van der Waals surface area contributed by atoms with E-state index < -0.39 is 5.60 Å². The van der Waals surface area contributed by atoms with E-state index in [1.807, 2.05) is 0 Å². The molecule has 1 saturated heterocycles.